The number of hydrogen-bond acceptors (Lipinski definition) is 4. The Labute approximate surface area is 105 Å². The number of nitrogens with one attached hydrogen (secondary N) is 1. The van der Waals surface area contributed by atoms with E-state index < -0.39 is 11.8 Å². The fraction of sp³-hybridized carbons (Fsp3) is 0.583. The third-order valence-corrected chi connectivity index (χ3v) is 2.67. The van der Waals surface area contributed by atoms with Crippen molar-refractivity contribution in [2.45, 2.75) is 33.1 Å². The minimum Gasteiger partial charge on any atom is -0.481 e. The number of carboxylic acid groups (broad SMARTS) is 1. The van der Waals surface area contributed by atoms with Crippen LogP contribution in [-0.4, -0.2) is 27.6 Å². The van der Waals surface area contributed by atoms with E-state index in [0.717, 1.165) is 0 Å². The fourth-order valence-electron chi connectivity index (χ4n) is 1.52. The molecule has 1 atom stereocenters. The summed E-state index contributed by atoms with van der Waals surface area (Å²) < 4.78 is 13.8. The van der Waals surface area contributed by atoms with Gasteiger partial charge in [0.15, 0.2) is 11.6 Å². The maximum absolute atomic E-state index is 13.8. The van der Waals surface area contributed by atoms with Crippen molar-refractivity contribution >= 4 is 11.8 Å². The second-order valence-electron chi connectivity index (χ2n) is 4.25. The van der Waals surface area contributed by atoms with Crippen LogP contribution in [-0.2, 0) is 11.2 Å². The zero-order valence-corrected chi connectivity index (χ0v) is 10.6. The van der Waals surface area contributed by atoms with Crippen molar-refractivity contribution in [3.63, 3.8) is 0 Å². The van der Waals surface area contributed by atoms with Gasteiger partial charge >= 0.3 is 5.97 Å². The number of carbonyl (C=O) groups is 1. The monoisotopic (exact) mass is 255 g/mol. The Kier molecular flexibility index (Phi) is 5.48. The predicted octanol–water partition coefficient (Wildman–Crippen LogP) is 2.09. The molecule has 0 saturated heterocycles. The first-order chi connectivity index (χ1) is 8.54. The van der Waals surface area contributed by atoms with E-state index in [9.17, 15) is 9.18 Å². The summed E-state index contributed by atoms with van der Waals surface area (Å²) in [5, 5.41) is 11.5. The minimum absolute atomic E-state index is 0.120. The summed E-state index contributed by atoms with van der Waals surface area (Å²) in [4.78, 5) is 18.1. The molecule has 0 saturated carbocycles. The molecule has 0 fully saturated rings. The zero-order valence-electron chi connectivity index (χ0n) is 10.6. The first-order valence-electron chi connectivity index (χ1n) is 5.99. The molecular formula is C12H18FN3O2. The van der Waals surface area contributed by atoms with Crippen molar-refractivity contribution in [1.82, 2.24) is 9.97 Å². The van der Waals surface area contributed by atoms with Gasteiger partial charge in [0, 0.05) is 13.0 Å². The van der Waals surface area contributed by atoms with E-state index in [0.29, 0.717) is 25.1 Å². The van der Waals surface area contributed by atoms with Crippen molar-refractivity contribution in [2.24, 2.45) is 5.92 Å². The maximum Gasteiger partial charge on any atom is 0.303 e. The molecule has 0 aliphatic rings. The standard InChI is InChI=1S/C12H18FN3O2/c1-3-9-11(13)12(16-7-15-9)14-6-8(2)4-5-10(17)18/h7-8H,3-6H2,1-2H3,(H,17,18)(H,14,15,16). The molecular weight excluding hydrogens is 237 g/mol. The van der Waals surface area contributed by atoms with Gasteiger partial charge in [-0.2, -0.15) is 0 Å². The van der Waals surface area contributed by atoms with Crippen molar-refractivity contribution in [3.05, 3.63) is 17.8 Å². The highest BCUT2D eigenvalue weighted by Gasteiger charge is 2.11. The van der Waals surface area contributed by atoms with Gasteiger partial charge < -0.3 is 10.4 Å². The number of rotatable bonds is 7. The van der Waals surface area contributed by atoms with Crippen molar-refractivity contribution in [1.29, 1.82) is 0 Å². The average molecular weight is 255 g/mol. The zero-order chi connectivity index (χ0) is 13.5. The number of nitrogens with zero attached hydrogens (tertiary/aromatic N) is 2. The number of carboxylic acids is 1. The van der Waals surface area contributed by atoms with Gasteiger partial charge in [-0.05, 0) is 18.8 Å². The lowest BCUT2D eigenvalue weighted by atomic mass is 10.1. The molecule has 0 amide bonds. The largest absolute Gasteiger partial charge is 0.481 e. The summed E-state index contributed by atoms with van der Waals surface area (Å²) in [5.74, 6) is -0.918. The van der Waals surface area contributed by atoms with E-state index in [4.69, 9.17) is 5.11 Å². The lowest BCUT2D eigenvalue weighted by Crippen LogP contribution is -2.15. The van der Waals surface area contributed by atoms with E-state index >= 15 is 0 Å². The molecule has 6 heteroatoms. The molecule has 0 aromatic carbocycles. The van der Waals surface area contributed by atoms with E-state index in [1.54, 1.807) is 0 Å². The van der Waals surface area contributed by atoms with Crippen LogP contribution in [0.25, 0.3) is 0 Å². The lowest BCUT2D eigenvalue weighted by Gasteiger charge is -2.12. The average Bonchev–Trinajstić information content (AvgIpc) is 2.35. The number of anilines is 1. The second kappa shape index (κ2) is 6.88. The van der Waals surface area contributed by atoms with E-state index in [2.05, 4.69) is 15.3 Å². The highest BCUT2D eigenvalue weighted by Crippen LogP contribution is 2.14. The number of halogens is 1. The molecule has 0 radical (unpaired) electrons. The molecule has 0 aliphatic carbocycles. The van der Waals surface area contributed by atoms with E-state index in [1.807, 2.05) is 13.8 Å². The van der Waals surface area contributed by atoms with Gasteiger partial charge in [-0.25, -0.2) is 14.4 Å². The van der Waals surface area contributed by atoms with Gasteiger partial charge in [-0.1, -0.05) is 13.8 Å². The molecule has 1 unspecified atom stereocenters. The minimum atomic E-state index is -0.816. The second-order valence-corrected chi connectivity index (χ2v) is 4.25. The summed E-state index contributed by atoms with van der Waals surface area (Å²) in [5.41, 5.74) is 0.380. The molecule has 1 aromatic heterocycles. The van der Waals surface area contributed by atoms with Gasteiger partial charge in [0.05, 0.1) is 5.69 Å². The van der Waals surface area contributed by atoms with Crippen LogP contribution in [0.1, 0.15) is 32.4 Å². The molecule has 1 aromatic rings. The summed E-state index contributed by atoms with van der Waals surface area (Å²) in [6.45, 7) is 4.23. The third kappa shape index (κ3) is 4.27. The summed E-state index contributed by atoms with van der Waals surface area (Å²) in [6.07, 6.45) is 2.51. The Morgan fingerprint density at radius 1 is 1.56 bits per heavy atom. The quantitative estimate of drug-likeness (QED) is 0.780. The lowest BCUT2D eigenvalue weighted by molar-refractivity contribution is -0.137. The van der Waals surface area contributed by atoms with Crippen LogP contribution in [0.15, 0.2) is 6.33 Å². The first kappa shape index (κ1) is 14.3. The summed E-state index contributed by atoms with van der Waals surface area (Å²) in [6, 6.07) is 0. The van der Waals surface area contributed by atoms with Crippen molar-refractivity contribution in [2.75, 3.05) is 11.9 Å². The smallest absolute Gasteiger partial charge is 0.303 e. The van der Waals surface area contributed by atoms with Gasteiger partial charge in [0.25, 0.3) is 0 Å². The van der Waals surface area contributed by atoms with Crippen LogP contribution < -0.4 is 5.32 Å². The van der Waals surface area contributed by atoms with Crippen LogP contribution in [0.3, 0.4) is 0 Å². The van der Waals surface area contributed by atoms with E-state index in [1.165, 1.54) is 6.33 Å². The Morgan fingerprint density at radius 2 is 2.28 bits per heavy atom. The normalized spacial score (nSPS) is 12.2. The topological polar surface area (TPSA) is 75.1 Å². The highest BCUT2D eigenvalue weighted by molar-refractivity contribution is 5.66. The molecule has 0 aliphatic heterocycles. The summed E-state index contributed by atoms with van der Waals surface area (Å²) in [7, 11) is 0. The SMILES string of the molecule is CCc1ncnc(NCC(C)CCC(=O)O)c1F. The Bertz CT molecular complexity index is 412. The van der Waals surface area contributed by atoms with Gasteiger partial charge in [-0.15, -0.1) is 0 Å². The number of aryl methyl sites for hydroxylation is 1. The molecule has 0 spiro atoms. The predicted molar refractivity (Wildman–Crippen MR) is 65.9 cm³/mol. The molecule has 0 bridgehead atoms. The summed E-state index contributed by atoms with van der Waals surface area (Å²) >= 11 is 0. The van der Waals surface area contributed by atoms with Gasteiger partial charge in [0.1, 0.15) is 6.33 Å². The Morgan fingerprint density at radius 3 is 2.89 bits per heavy atom. The fourth-order valence-corrected chi connectivity index (χ4v) is 1.52. The molecule has 1 heterocycles. The van der Waals surface area contributed by atoms with Crippen LogP contribution in [0.2, 0.25) is 0 Å². The van der Waals surface area contributed by atoms with Crippen molar-refractivity contribution in [3.8, 4) is 0 Å². The first-order valence-corrected chi connectivity index (χ1v) is 5.99. The van der Waals surface area contributed by atoms with Crippen LogP contribution in [0.5, 0.6) is 0 Å². The van der Waals surface area contributed by atoms with Crippen molar-refractivity contribution < 1.29 is 14.3 Å². The molecule has 100 valence electrons. The highest BCUT2D eigenvalue weighted by atomic mass is 19.1. The van der Waals surface area contributed by atoms with Crippen LogP contribution in [0, 0.1) is 11.7 Å². The molecule has 18 heavy (non-hydrogen) atoms. The van der Waals surface area contributed by atoms with Gasteiger partial charge in [0.2, 0.25) is 0 Å². The third-order valence-electron chi connectivity index (χ3n) is 2.67. The molecule has 1 rings (SSSR count). The van der Waals surface area contributed by atoms with Gasteiger partial charge in [-0.3, -0.25) is 4.79 Å². The Balaban J connectivity index is 2.50. The van der Waals surface area contributed by atoms with Crippen LogP contribution in [0.4, 0.5) is 10.2 Å². The number of hydrogen-bond donors (Lipinski definition) is 2. The number of aliphatic carboxylic acids is 1. The molecule has 5 nitrogen and oxygen atoms in total. The number of aromatic nitrogens is 2. The maximum atomic E-state index is 13.8. The van der Waals surface area contributed by atoms with Crippen LogP contribution >= 0.6 is 0 Å². The van der Waals surface area contributed by atoms with E-state index in [-0.39, 0.29) is 18.2 Å². The molecule has 2 N–H and O–H groups in total. The Hall–Kier alpha value is -1.72.